The van der Waals surface area contributed by atoms with E-state index in [0.29, 0.717) is 17.3 Å². The van der Waals surface area contributed by atoms with Crippen LogP contribution < -0.4 is 4.74 Å². The molecule has 2 aromatic rings. The SMILES string of the molecule is CCC(C(=O)O)C(Sc1nc2c(OC)cc(O)cc2o1)C(=O)O. The smallest absolute Gasteiger partial charge is 0.318 e. The summed E-state index contributed by atoms with van der Waals surface area (Å²) >= 11 is 0.713. The van der Waals surface area contributed by atoms with Crippen LogP contribution in [0.15, 0.2) is 21.8 Å². The number of thioether (sulfide) groups is 1. The lowest BCUT2D eigenvalue weighted by molar-refractivity contribution is -0.147. The number of nitrogens with zero attached hydrogens (tertiary/aromatic N) is 1. The molecule has 2 rings (SSSR count). The number of ether oxygens (including phenoxy) is 1. The largest absolute Gasteiger partial charge is 0.508 e. The number of rotatable bonds is 7. The predicted molar refractivity (Wildman–Crippen MR) is 80.9 cm³/mol. The van der Waals surface area contributed by atoms with Crippen molar-refractivity contribution in [3.05, 3.63) is 12.1 Å². The van der Waals surface area contributed by atoms with Crippen molar-refractivity contribution in [1.29, 1.82) is 0 Å². The Hall–Kier alpha value is -2.42. The van der Waals surface area contributed by atoms with Crippen molar-refractivity contribution in [1.82, 2.24) is 4.98 Å². The highest BCUT2D eigenvalue weighted by molar-refractivity contribution is 8.00. The molecule has 0 aliphatic rings. The molecule has 1 aromatic heterocycles. The van der Waals surface area contributed by atoms with Crippen molar-refractivity contribution in [2.75, 3.05) is 7.11 Å². The van der Waals surface area contributed by atoms with Gasteiger partial charge in [-0.2, -0.15) is 4.98 Å². The Balaban J connectivity index is 2.39. The highest BCUT2D eigenvalue weighted by Crippen LogP contribution is 2.36. The summed E-state index contributed by atoms with van der Waals surface area (Å²) in [6, 6.07) is 2.67. The monoisotopic (exact) mass is 341 g/mol. The second-order valence-corrected chi connectivity index (χ2v) is 5.80. The quantitative estimate of drug-likeness (QED) is 0.649. The third-order valence-corrected chi connectivity index (χ3v) is 4.40. The summed E-state index contributed by atoms with van der Waals surface area (Å²) in [5, 5.41) is 26.8. The molecular formula is C14H15NO7S. The van der Waals surface area contributed by atoms with Crippen molar-refractivity contribution in [2.45, 2.75) is 23.8 Å². The molecule has 0 aliphatic carbocycles. The summed E-state index contributed by atoms with van der Waals surface area (Å²) in [5.74, 6) is -3.36. The number of methoxy groups -OCH3 is 1. The topological polar surface area (TPSA) is 130 Å². The number of oxazole rings is 1. The van der Waals surface area contributed by atoms with Gasteiger partial charge in [0.15, 0.2) is 16.8 Å². The number of fused-ring (bicyclic) bond motifs is 1. The van der Waals surface area contributed by atoms with Crippen LogP contribution in [0.25, 0.3) is 11.1 Å². The first-order valence-corrected chi connectivity index (χ1v) is 7.55. The normalized spacial score (nSPS) is 13.7. The lowest BCUT2D eigenvalue weighted by Crippen LogP contribution is -2.31. The van der Waals surface area contributed by atoms with Crippen LogP contribution in [0, 0.1) is 5.92 Å². The molecule has 3 N–H and O–H groups in total. The van der Waals surface area contributed by atoms with E-state index >= 15 is 0 Å². The fraction of sp³-hybridized carbons (Fsp3) is 0.357. The van der Waals surface area contributed by atoms with E-state index in [1.54, 1.807) is 6.92 Å². The van der Waals surface area contributed by atoms with Crippen molar-refractivity contribution < 1.29 is 34.1 Å². The summed E-state index contributed by atoms with van der Waals surface area (Å²) in [4.78, 5) is 26.7. The lowest BCUT2D eigenvalue weighted by atomic mass is 10.0. The van der Waals surface area contributed by atoms with Gasteiger partial charge in [-0.05, 0) is 6.42 Å². The van der Waals surface area contributed by atoms with E-state index < -0.39 is 23.1 Å². The number of phenolic OH excluding ortho intramolecular Hbond substituents is 1. The highest BCUT2D eigenvalue weighted by Gasteiger charge is 2.35. The molecule has 1 aromatic carbocycles. The third kappa shape index (κ3) is 3.50. The van der Waals surface area contributed by atoms with Gasteiger partial charge in [0.1, 0.15) is 11.0 Å². The van der Waals surface area contributed by atoms with Gasteiger partial charge < -0.3 is 24.5 Å². The fourth-order valence-electron chi connectivity index (χ4n) is 2.10. The van der Waals surface area contributed by atoms with Crippen LogP contribution in [0.5, 0.6) is 11.5 Å². The number of aromatic nitrogens is 1. The molecule has 0 saturated heterocycles. The standard InChI is InChI=1S/C14H15NO7S/c1-3-7(12(17)18)11(13(19)20)23-14-15-10-8(21-2)4-6(16)5-9(10)22-14/h4-5,7,11,16H,3H2,1-2H3,(H,17,18)(H,19,20). The minimum absolute atomic E-state index is 0.00370. The average Bonchev–Trinajstić information content (AvgIpc) is 2.87. The second-order valence-electron chi connectivity index (χ2n) is 4.70. The van der Waals surface area contributed by atoms with E-state index in [-0.39, 0.29) is 28.7 Å². The maximum Gasteiger partial charge on any atom is 0.318 e. The average molecular weight is 341 g/mol. The third-order valence-electron chi connectivity index (χ3n) is 3.24. The molecule has 23 heavy (non-hydrogen) atoms. The number of aromatic hydroxyl groups is 1. The van der Waals surface area contributed by atoms with Gasteiger partial charge >= 0.3 is 11.9 Å². The number of benzene rings is 1. The number of aliphatic carboxylic acids is 2. The first-order chi connectivity index (χ1) is 10.9. The summed E-state index contributed by atoms with van der Waals surface area (Å²) in [6.45, 7) is 1.60. The molecule has 8 nitrogen and oxygen atoms in total. The van der Waals surface area contributed by atoms with E-state index in [4.69, 9.17) is 14.3 Å². The molecule has 0 amide bonds. The zero-order chi connectivity index (χ0) is 17.1. The molecule has 0 radical (unpaired) electrons. The summed E-state index contributed by atoms with van der Waals surface area (Å²) in [6.07, 6.45) is 0.156. The van der Waals surface area contributed by atoms with Crippen LogP contribution in [-0.2, 0) is 9.59 Å². The van der Waals surface area contributed by atoms with Gasteiger partial charge in [-0.15, -0.1) is 0 Å². The molecule has 0 spiro atoms. The zero-order valence-electron chi connectivity index (χ0n) is 12.3. The molecular weight excluding hydrogens is 326 g/mol. The molecule has 0 aliphatic heterocycles. The van der Waals surface area contributed by atoms with Gasteiger partial charge in [-0.3, -0.25) is 9.59 Å². The van der Waals surface area contributed by atoms with Gasteiger partial charge in [0, 0.05) is 12.1 Å². The van der Waals surface area contributed by atoms with Gasteiger partial charge in [-0.1, -0.05) is 18.7 Å². The maximum atomic E-state index is 11.4. The number of carbonyl (C=O) groups is 2. The first-order valence-electron chi connectivity index (χ1n) is 6.67. The van der Waals surface area contributed by atoms with Crippen molar-refractivity contribution in [2.24, 2.45) is 5.92 Å². The van der Waals surface area contributed by atoms with Crippen molar-refractivity contribution in [3.8, 4) is 11.5 Å². The highest BCUT2D eigenvalue weighted by atomic mass is 32.2. The zero-order valence-corrected chi connectivity index (χ0v) is 13.2. The Bertz CT molecular complexity index is 742. The minimum atomic E-state index is -1.26. The first kappa shape index (κ1) is 16.9. The van der Waals surface area contributed by atoms with E-state index in [9.17, 15) is 19.8 Å². The number of carboxylic acids is 2. The molecule has 0 saturated carbocycles. The van der Waals surface area contributed by atoms with E-state index in [0.717, 1.165) is 0 Å². The second kappa shape index (κ2) is 6.78. The van der Waals surface area contributed by atoms with E-state index in [1.807, 2.05) is 0 Å². The van der Waals surface area contributed by atoms with Crippen LogP contribution in [0.3, 0.4) is 0 Å². The minimum Gasteiger partial charge on any atom is -0.508 e. The Morgan fingerprint density at radius 2 is 2.04 bits per heavy atom. The Labute approximate surface area is 135 Å². The van der Waals surface area contributed by atoms with Crippen molar-refractivity contribution >= 4 is 34.8 Å². The molecule has 2 unspecified atom stereocenters. The summed E-state index contributed by atoms with van der Waals surface area (Å²) in [7, 11) is 1.40. The number of phenols is 1. The van der Waals surface area contributed by atoms with Gasteiger partial charge in [0.25, 0.3) is 5.22 Å². The van der Waals surface area contributed by atoms with Crippen LogP contribution in [-0.4, -0.2) is 44.6 Å². The van der Waals surface area contributed by atoms with Gasteiger partial charge in [0.2, 0.25) is 0 Å². The fourth-order valence-corrected chi connectivity index (χ4v) is 3.18. The molecule has 0 fully saturated rings. The van der Waals surface area contributed by atoms with Crippen LogP contribution in [0.2, 0.25) is 0 Å². The van der Waals surface area contributed by atoms with Gasteiger partial charge in [0.05, 0.1) is 13.0 Å². The Kier molecular flexibility index (Phi) is 4.99. The van der Waals surface area contributed by atoms with Crippen LogP contribution in [0.4, 0.5) is 0 Å². The number of carboxylic acid groups (broad SMARTS) is 2. The Morgan fingerprint density at radius 3 is 2.57 bits per heavy atom. The molecule has 9 heteroatoms. The van der Waals surface area contributed by atoms with Gasteiger partial charge in [-0.25, -0.2) is 0 Å². The van der Waals surface area contributed by atoms with E-state index in [2.05, 4.69) is 4.98 Å². The van der Waals surface area contributed by atoms with E-state index in [1.165, 1.54) is 19.2 Å². The summed E-state index contributed by atoms with van der Waals surface area (Å²) < 4.78 is 10.5. The van der Waals surface area contributed by atoms with Crippen LogP contribution >= 0.6 is 11.8 Å². The number of hydrogen-bond acceptors (Lipinski definition) is 7. The summed E-state index contributed by atoms with van der Waals surface area (Å²) in [5.41, 5.74) is 0.539. The molecule has 2 atom stereocenters. The van der Waals surface area contributed by atoms with Crippen LogP contribution in [0.1, 0.15) is 13.3 Å². The van der Waals surface area contributed by atoms with Crippen molar-refractivity contribution in [3.63, 3.8) is 0 Å². The molecule has 0 bridgehead atoms. The Morgan fingerprint density at radius 1 is 1.35 bits per heavy atom. The maximum absolute atomic E-state index is 11.4. The molecule has 1 heterocycles. The predicted octanol–water partition coefficient (Wildman–Crippen LogP) is 2.20. The lowest BCUT2D eigenvalue weighted by Gasteiger charge is -2.16. The number of hydrogen-bond donors (Lipinski definition) is 3. The molecule has 124 valence electrons.